The molecule has 1 aromatic heterocycles. The number of fused-ring (bicyclic) bond motifs is 11. The van der Waals surface area contributed by atoms with Crippen molar-refractivity contribution >= 4 is 10.8 Å². The van der Waals surface area contributed by atoms with Crippen LogP contribution in [0.3, 0.4) is 0 Å². The van der Waals surface area contributed by atoms with Crippen LogP contribution in [0, 0.1) is 0 Å². The van der Waals surface area contributed by atoms with E-state index in [-0.39, 0.29) is 0 Å². The smallest absolute Gasteiger partial charge is 0.164 e. The van der Waals surface area contributed by atoms with Crippen molar-refractivity contribution in [2.45, 2.75) is 5.41 Å². The average Bonchev–Trinajstić information content (AvgIpc) is 3.92. The van der Waals surface area contributed by atoms with E-state index in [2.05, 4.69) is 237 Å². The van der Waals surface area contributed by atoms with Crippen LogP contribution >= 0.6 is 0 Å². The fraction of sp³-hybridized carbons (Fsp3) is 0.0147. The van der Waals surface area contributed by atoms with E-state index in [0.29, 0.717) is 17.5 Å². The monoisotopic (exact) mass is 901 g/mol. The number of benzene rings is 11. The SMILES string of the molecule is c1ccc(-c2cccc(-c3nc(-c4ccccc4)nc(-c4cccc(-c5cccc(-c6cc7c(cc6-c6ccc8ccccc8c6)-c6ccccc6C76c7ccccc7-c7ccccc76)c5)c4)n3)c2)cc1. The summed E-state index contributed by atoms with van der Waals surface area (Å²) in [5.41, 5.74) is 22.0. The Bertz CT molecular complexity index is 4010. The minimum atomic E-state index is -0.466. The maximum absolute atomic E-state index is 5.20. The normalized spacial score (nSPS) is 12.6. The molecule has 0 radical (unpaired) electrons. The Labute approximate surface area is 413 Å². The first-order valence-electron chi connectivity index (χ1n) is 24.3. The van der Waals surface area contributed by atoms with Crippen LogP contribution in [0.25, 0.3) is 112 Å². The number of nitrogens with zero attached hydrogens (tertiary/aromatic N) is 3. The lowest BCUT2D eigenvalue weighted by Crippen LogP contribution is -2.25. The van der Waals surface area contributed by atoms with Gasteiger partial charge < -0.3 is 0 Å². The third-order valence-corrected chi connectivity index (χ3v) is 14.7. The molecule has 11 aromatic carbocycles. The zero-order valence-corrected chi connectivity index (χ0v) is 38.7. The van der Waals surface area contributed by atoms with Crippen molar-refractivity contribution in [2.24, 2.45) is 0 Å². The average molecular weight is 902 g/mol. The third-order valence-electron chi connectivity index (χ3n) is 14.7. The van der Waals surface area contributed by atoms with Crippen molar-refractivity contribution in [3.8, 4) is 101 Å². The molecule has 14 rings (SSSR count). The lowest BCUT2D eigenvalue weighted by Gasteiger charge is -2.31. The van der Waals surface area contributed by atoms with E-state index in [1.807, 2.05) is 24.3 Å². The van der Waals surface area contributed by atoms with E-state index in [1.165, 1.54) is 72.0 Å². The molecule has 0 fully saturated rings. The van der Waals surface area contributed by atoms with Crippen LogP contribution in [0.5, 0.6) is 0 Å². The van der Waals surface area contributed by atoms with Gasteiger partial charge in [0.25, 0.3) is 0 Å². The molecule has 0 aliphatic heterocycles. The molecule has 0 saturated carbocycles. The van der Waals surface area contributed by atoms with Crippen molar-refractivity contribution in [1.82, 2.24) is 15.0 Å². The number of hydrogen-bond acceptors (Lipinski definition) is 3. The van der Waals surface area contributed by atoms with Gasteiger partial charge >= 0.3 is 0 Å². The summed E-state index contributed by atoms with van der Waals surface area (Å²) in [6.45, 7) is 0. The summed E-state index contributed by atoms with van der Waals surface area (Å²) in [6.07, 6.45) is 0. The van der Waals surface area contributed by atoms with E-state index in [1.54, 1.807) is 0 Å². The molecule has 0 N–H and O–H groups in total. The van der Waals surface area contributed by atoms with Gasteiger partial charge in [0, 0.05) is 16.7 Å². The topological polar surface area (TPSA) is 38.7 Å². The Kier molecular flexibility index (Phi) is 9.43. The van der Waals surface area contributed by atoms with Crippen molar-refractivity contribution in [2.75, 3.05) is 0 Å². The van der Waals surface area contributed by atoms with Gasteiger partial charge in [-0.15, -0.1) is 0 Å². The summed E-state index contributed by atoms with van der Waals surface area (Å²) in [6, 6.07) is 94.5. The zero-order chi connectivity index (χ0) is 46.9. The van der Waals surface area contributed by atoms with Gasteiger partial charge in [0.15, 0.2) is 17.5 Å². The maximum atomic E-state index is 5.20. The highest BCUT2D eigenvalue weighted by molar-refractivity contribution is 6.00. The fourth-order valence-corrected chi connectivity index (χ4v) is 11.5. The van der Waals surface area contributed by atoms with Crippen molar-refractivity contribution in [3.05, 3.63) is 283 Å². The summed E-state index contributed by atoms with van der Waals surface area (Å²) >= 11 is 0. The van der Waals surface area contributed by atoms with Crippen LogP contribution < -0.4 is 0 Å². The molecule has 0 unspecified atom stereocenters. The van der Waals surface area contributed by atoms with E-state index in [4.69, 9.17) is 15.0 Å². The quantitative estimate of drug-likeness (QED) is 0.160. The molecule has 1 spiro atoms. The van der Waals surface area contributed by atoms with E-state index >= 15 is 0 Å². The van der Waals surface area contributed by atoms with Crippen molar-refractivity contribution in [3.63, 3.8) is 0 Å². The van der Waals surface area contributed by atoms with Gasteiger partial charge in [0.05, 0.1) is 5.41 Å². The molecule has 71 heavy (non-hydrogen) atoms. The molecule has 12 aromatic rings. The van der Waals surface area contributed by atoms with E-state index in [0.717, 1.165) is 44.5 Å². The van der Waals surface area contributed by atoms with Gasteiger partial charge in [0.2, 0.25) is 0 Å². The zero-order valence-electron chi connectivity index (χ0n) is 38.7. The first-order chi connectivity index (χ1) is 35.2. The fourth-order valence-electron chi connectivity index (χ4n) is 11.5. The van der Waals surface area contributed by atoms with Gasteiger partial charge in [-0.1, -0.05) is 224 Å². The van der Waals surface area contributed by atoms with Crippen LogP contribution in [0.1, 0.15) is 22.3 Å². The van der Waals surface area contributed by atoms with Gasteiger partial charge in [-0.25, -0.2) is 15.0 Å². The molecular weight excluding hydrogens is 859 g/mol. The summed E-state index contributed by atoms with van der Waals surface area (Å²) in [7, 11) is 0. The predicted molar refractivity (Wildman–Crippen MR) is 292 cm³/mol. The Morgan fingerprint density at radius 2 is 0.592 bits per heavy atom. The molecule has 2 aliphatic rings. The minimum absolute atomic E-state index is 0.466. The summed E-state index contributed by atoms with van der Waals surface area (Å²) in [4.78, 5) is 15.4. The largest absolute Gasteiger partial charge is 0.208 e. The van der Waals surface area contributed by atoms with Crippen LogP contribution in [-0.4, -0.2) is 15.0 Å². The number of hydrogen-bond donors (Lipinski definition) is 0. The van der Waals surface area contributed by atoms with Crippen LogP contribution in [0.2, 0.25) is 0 Å². The highest BCUT2D eigenvalue weighted by atomic mass is 15.0. The lowest BCUT2D eigenvalue weighted by atomic mass is 9.70. The maximum Gasteiger partial charge on any atom is 0.164 e. The molecule has 0 amide bonds. The van der Waals surface area contributed by atoms with Crippen LogP contribution in [0.15, 0.2) is 261 Å². The second-order valence-corrected chi connectivity index (χ2v) is 18.7. The summed E-state index contributed by atoms with van der Waals surface area (Å²) < 4.78 is 0. The second-order valence-electron chi connectivity index (χ2n) is 18.7. The van der Waals surface area contributed by atoms with Gasteiger partial charge in [-0.2, -0.15) is 0 Å². The van der Waals surface area contributed by atoms with Gasteiger partial charge in [-0.05, 0) is 136 Å². The molecular formula is C68H43N3. The summed E-state index contributed by atoms with van der Waals surface area (Å²) in [5.74, 6) is 1.88. The Balaban J connectivity index is 0.939. The Morgan fingerprint density at radius 1 is 0.197 bits per heavy atom. The van der Waals surface area contributed by atoms with Gasteiger partial charge in [0.1, 0.15) is 0 Å². The molecule has 0 saturated heterocycles. The standard InChI is InChI=1S/C68H43N3/c1-3-18-44(19-4-1)48-24-16-28-53(40-48)66-69-65(46-21-5-2-6-22-46)70-67(71-66)54-29-17-26-50(41-54)49-25-15-27-51(39-49)59-43-64-60(42-58(59)52-37-36-45-20-7-8-23-47(45)38-52)57-32-11-14-35-63(57)68(64)61-33-12-9-30-55(61)56-31-10-13-34-62(56)68/h1-43H. The summed E-state index contributed by atoms with van der Waals surface area (Å²) in [5, 5.41) is 2.45. The lowest BCUT2D eigenvalue weighted by molar-refractivity contribution is 0.794. The minimum Gasteiger partial charge on any atom is -0.208 e. The number of rotatable bonds is 7. The molecule has 1 heterocycles. The Morgan fingerprint density at radius 3 is 1.18 bits per heavy atom. The molecule has 0 bridgehead atoms. The third kappa shape index (κ3) is 6.62. The first-order valence-corrected chi connectivity index (χ1v) is 24.3. The number of aromatic nitrogens is 3. The molecule has 0 atom stereocenters. The molecule has 2 aliphatic carbocycles. The predicted octanol–water partition coefficient (Wildman–Crippen LogP) is 17.0. The molecule has 3 heteroatoms. The van der Waals surface area contributed by atoms with E-state index in [9.17, 15) is 0 Å². The highest BCUT2D eigenvalue weighted by Gasteiger charge is 2.51. The van der Waals surface area contributed by atoms with Gasteiger partial charge in [-0.3, -0.25) is 0 Å². The second kappa shape index (κ2) is 16.4. The van der Waals surface area contributed by atoms with E-state index < -0.39 is 5.41 Å². The first kappa shape index (κ1) is 40.7. The van der Waals surface area contributed by atoms with Crippen molar-refractivity contribution < 1.29 is 0 Å². The highest BCUT2D eigenvalue weighted by Crippen LogP contribution is 2.63. The van der Waals surface area contributed by atoms with Crippen LogP contribution in [-0.2, 0) is 5.41 Å². The van der Waals surface area contributed by atoms with Crippen molar-refractivity contribution in [1.29, 1.82) is 0 Å². The Hall–Kier alpha value is -9.31. The molecule has 3 nitrogen and oxygen atoms in total. The molecule has 330 valence electrons. The van der Waals surface area contributed by atoms with Crippen LogP contribution in [0.4, 0.5) is 0 Å².